The molecule has 6 amide bonds. The summed E-state index contributed by atoms with van der Waals surface area (Å²) in [5.41, 5.74) is 0. The third-order valence-corrected chi connectivity index (χ3v) is 1.30. The number of hydrogen-bond donors (Lipinski definition) is 0. The van der Waals surface area contributed by atoms with Gasteiger partial charge in [0.25, 0.3) is 0 Å². The summed E-state index contributed by atoms with van der Waals surface area (Å²) >= 11 is 0. The van der Waals surface area contributed by atoms with E-state index in [1.807, 2.05) is 0 Å². The van der Waals surface area contributed by atoms with Gasteiger partial charge in [-0.05, 0) is 0 Å². The zero-order valence-corrected chi connectivity index (χ0v) is 7.59. The molecule has 14 heavy (non-hydrogen) atoms. The lowest BCUT2D eigenvalue weighted by Crippen LogP contribution is -2.46. The van der Waals surface area contributed by atoms with Crippen molar-refractivity contribution in [3.05, 3.63) is 0 Å². The largest absolute Gasteiger partial charge is 0.346 e. The van der Waals surface area contributed by atoms with Gasteiger partial charge in [0, 0.05) is 13.8 Å². The highest BCUT2D eigenvalue weighted by atomic mass is 16.2. The molecular weight excluding hydrogens is 192 g/mol. The highest BCUT2D eigenvalue weighted by Crippen LogP contribution is 1.95. The SMILES string of the molecule is CC(=O)N(C=O)C(=O)N(C=O)C(C)=O. The average molecular weight is 200 g/mol. The number of rotatable bonds is 2. The Bertz CT molecular complexity index is 270. The van der Waals surface area contributed by atoms with Crippen LogP contribution in [0.15, 0.2) is 0 Å². The average Bonchev–Trinajstić information content (AvgIpc) is 2.04. The zero-order valence-electron chi connectivity index (χ0n) is 7.59. The smallest absolute Gasteiger partial charge is 0.278 e. The quantitative estimate of drug-likeness (QED) is 0.539. The second-order valence-corrected chi connectivity index (χ2v) is 2.27. The summed E-state index contributed by atoms with van der Waals surface area (Å²) in [5, 5.41) is 0. The van der Waals surface area contributed by atoms with Crippen molar-refractivity contribution in [3.63, 3.8) is 0 Å². The first-order valence-corrected chi connectivity index (χ1v) is 3.49. The minimum absolute atomic E-state index is 0.0654. The third kappa shape index (κ3) is 2.47. The molecule has 76 valence electrons. The maximum absolute atomic E-state index is 11.1. The Morgan fingerprint density at radius 3 is 1.29 bits per heavy atom. The summed E-state index contributed by atoms with van der Waals surface area (Å²) in [4.78, 5) is 53.3. The number of urea groups is 1. The number of hydrogen-bond acceptors (Lipinski definition) is 5. The molecule has 0 saturated heterocycles. The first-order valence-electron chi connectivity index (χ1n) is 3.49. The summed E-state index contributed by atoms with van der Waals surface area (Å²) in [7, 11) is 0. The number of nitrogens with zero attached hydrogens (tertiary/aromatic N) is 2. The number of amides is 6. The number of carbonyl (C=O) groups excluding carboxylic acids is 5. The van der Waals surface area contributed by atoms with Gasteiger partial charge >= 0.3 is 6.03 Å². The van der Waals surface area contributed by atoms with Crippen LogP contribution in [-0.4, -0.2) is 40.5 Å². The second-order valence-electron chi connectivity index (χ2n) is 2.27. The van der Waals surface area contributed by atoms with Crippen molar-refractivity contribution in [2.45, 2.75) is 13.8 Å². The van der Waals surface area contributed by atoms with E-state index in [0.717, 1.165) is 13.8 Å². The molecule has 0 aromatic rings. The molecule has 0 spiro atoms. The molecule has 0 atom stereocenters. The molecule has 7 heteroatoms. The van der Waals surface area contributed by atoms with Crippen LogP contribution in [0.1, 0.15) is 13.8 Å². The molecule has 0 heterocycles. The van der Waals surface area contributed by atoms with Crippen molar-refractivity contribution in [2.24, 2.45) is 0 Å². The Morgan fingerprint density at radius 1 is 0.857 bits per heavy atom. The standard InChI is InChI=1S/C7H8N2O5/c1-5(12)8(3-10)7(14)9(4-11)6(2)13/h3-4H,1-2H3. The van der Waals surface area contributed by atoms with Gasteiger partial charge in [0.1, 0.15) is 0 Å². The molecule has 0 radical (unpaired) electrons. The lowest BCUT2D eigenvalue weighted by molar-refractivity contribution is -0.136. The third-order valence-electron chi connectivity index (χ3n) is 1.30. The molecule has 0 saturated carbocycles. The van der Waals surface area contributed by atoms with Crippen molar-refractivity contribution < 1.29 is 24.0 Å². The summed E-state index contributed by atoms with van der Waals surface area (Å²) in [6.07, 6.45) is -0.131. The Labute approximate surface area is 79.3 Å². The van der Waals surface area contributed by atoms with Crippen LogP contribution in [0.2, 0.25) is 0 Å². The van der Waals surface area contributed by atoms with E-state index >= 15 is 0 Å². The van der Waals surface area contributed by atoms with E-state index in [4.69, 9.17) is 0 Å². The van der Waals surface area contributed by atoms with Crippen molar-refractivity contribution in [3.8, 4) is 0 Å². The minimum Gasteiger partial charge on any atom is -0.278 e. The van der Waals surface area contributed by atoms with E-state index in [1.165, 1.54) is 0 Å². The Kier molecular flexibility index (Phi) is 4.14. The first kappa shape index (κ1) is 11.9. The number of carbonyl (C=O) groups is 5. The van der Waals surface area contributed by atoms with E-state index in [-0.39, 0.29) is 22.6 Å². The molecule has 7 nitrogen and oxygen atoms in total. The van der Waals surface area contributed by atoms with Crippen LogP contribution in [0.3, 0.4) is 0 Å². The van der Waals surface area contributed by atoms with E-state index in [0.29, 0.717) is 0 Å². The normalized spacial score (nSPS) is 8.71. The van der Waals surface area contributed by atoms with E-state index < -0.39 is 17.8 Å². The molecule has 0 N–H and O–H groups in total. The van der Waals surface area contributed by atoms with E-state index in [9.17, 15) is 24.0 Å². The summed E-state index contributed by atoms with van der Waals surface area (Å²) in [5.74, 6) is -1.75. The molecule has 0 bridgehead atoms. The van der Waals surface area contributed by atoms with Gasteiger partial charge in [0.2, 0.25) is 24.6 Å². The molecular formula is C7H8N2O5. The van der Waals surface area contributed by atoms with Gasteiger partial charge in [-0.1, -0.05) is 0 Å². The fourth-order valence-electron chi connectivity index (χ4n) is 0.624. The van der Waals surface area contributed by atoms with Gasteiger partial charge < -0.3 is 0 Å². The highest BCUT2D eigenvalue weighted by Gasteiger charge is 2.26. The van der Waals surface area contributed by atoms with Crippen LogP contribution < -0.4 is 0 Å². The zero-order chi connectivity index (χ0) is 11.3. The number of imide groups is 6. The van der Waals surface area contributed by atoms with Gasteiger partial charge in [0.05, 0.1) is 0 Å². The van der Waals surface area contributed by atoms with Crippen molar-refractivity contribution >= 4 is 30.7 Å². The molecule has 0 aliphatic rings. The highest BCUT2D eigenvalue weighted by molar-refractivity contribution is 6.12. The van der Waals surface area contributed by atoms with E-state index in [2.05, 4.69) is 0 Å². The Balaban J connectivity index is 4.89. The van der Waals surface area contributed by atoms with Crippen LogP contribution in [0.5, 0.6) is 0 Å². The maximum Gasteiger partial charge on any atom is 0.346 e. The summed E-state index contributed by atoms with van der Waals surface area (Å²) < 4.78 is 0. The van der Waals surface area contributed by atoms with Crippen LogP contribution in [0.4, 0.5) is 4.79 Å². The lowest BCUT2D eigenvalue weighted by Gasteiger charge is -2.16. The molecule has 0 unspecified atom stereocenters. The lowest BCUT2D eigenvalue weighted by atomic mass is 10.5. The van der Waals surface area contributed by atoms with Gasteiger partial charge in [-0.3, -0.25) is 19.2 Å². The second kappa shape index (κ2) is 4.85. The van der Waals surface area contributed by atoms with Gasteiger partial charge in [0.15, 0.2) is 0 Å². The molecule has 0 aliphatic heterocycles. The monoisotopic (exact) mass is 200 g/mol. The molecule has 0 aliphatic carbocycles. The topological polar surface area (TPSA) is 91.8 Å². The predicted molar refractivity (Wildman–Crippen MR) is 42.6 cm³/mol. The molecule has 0 rings (SSSR count). The fraction of sp³-hybridized carbons (Fsp3) is 0.286. The predicted octanol–water partition coefficient (Wildman–Crippen LogP) is -0.884. The first-order chi connectivity index (χ1) is 6.45. The van der Waals surface area contributed by atoms with Crippen molar-refractivity contribution in [1.29, 1.82) is 0 Å². The van der Waals surface area contributed by atoms with Gasteiger partial charge in [-0.25, -0.2) is 14.6 Å². The minimum atomic E-state index is -1.28. The summed E-state index contributed by atoms with van der Waals surface area (Å²) in [6, 6.07) is -1.28. The van der Waals surface area contributed by atoms with E-state index in [1.54, 1.807) is 0 Å². The van der Waals surface area contributed by atoms with Crippen LogP contribution >= 0.6 is 0 Å². The fourth-order valence-corrected chi connectivity index (χ4v) is 0.624. The Morgan fingerprint density at radius 2 is 1.14 bits per heavy atom. The molecule has 0 fully saturated rings. The Hall–Kier alpha value is -2.05. The van der Waals surface area contributed by atoms with Crippen LogP contribution in [-0.2, 0) is 19.2 Å². The maximum atomic E-state index is 11.1. The summed E-state index contributed by atoms with van der Waals surface area (Å²) in [6.45, 7) is 1.91. The van der Waals surface area contributed by atoms with Gasteiger partial charge in [-0.2, -0.15) is 0 Å². The van der Waals surface area contributed by atoms with Crippen LogP contribution in [0, 0.1) is 0 Å². The van der Waals surface area contributed by atoms with Gasteiger partial charge in [-0.15, -0.1) is 0 Å². The molecule has 0 aromatic carbocycles. The molecule has 0 aromatic heterocycles. The van der Waals surface area contributed by atoms with Crippen molar-refractivity contribution in [1.82, 2.24) is 9.80 Å². The van der Waals surface area contributed by atoms with Crippen LogP contribution in [0.25, 0.3) is 0 Å². The van der Waals surface area contributed by atoms with Crippen molar-refractivity contribution in [2.75, 3.05) is 0 Å².